The summed E-state index contributed by atoms with van der Waals surface area (Å²) in [6.07, 6.45) is 1.06. The minimum Gasteiger partial charge on any atom is -0.466 e. The number of ether oxygens (including phenoxy) is 1. The van der Waals surface area contributed by atoms with Crippen molar-refractivity contribution in [1.29, 1.82) is 0 Å². The number of carbonyl (C=O) groups excluding carboxylic acids is 2. The fourth-order valence-corrected chi connectivity index (χ4v) is 3.37. The van der Waals surface area contributed by atoms with Gasteiger partial charge in [0.05, 0.1) is 7.11 Å². The van der Waals surface area contributed by atoms with Gasteiger partial charge in [-0.2, -0.15) is 0 Å². The van der Waals surface area contributed by atoms with E-state index in [2.05, 4.69) is 15.9 Å². The van der Waals surface area contributed by atoms with Crippen LogP contribution in [0.2, 0.25) is 0 Å². The summed E-state index contributed by atoms with van der Waals surface area (Å²) in [5.74, 6) is -1.20. The van der Waals surface area contributed by atoms with E-state index in [9.17, 15) is 14.7 Å². The molecule has 0 heterocycles. The van der Waals surface area contributed by atoms with Crippen LogP contribution in [0.25, 0.3) is 0 Å². The van der Waals surface area contributed by atoms with Crippen molar-refractivity contribution >= 4 is 27.7 Å². The Balaban J connectivity index is 2.27. The molecule has 5 heteroatoms. The number of aliphatic hydroxyl groups is 1. The van der Waals surface area contributed by atoms with Crippen LogP contribution in [0.3, 0.4) is 0 Å². The first kappa shape index (κ1) is 20.7. The van der Waals surface area contributed by atoms with Gasteiger partial charge >= 0.3 is 5.97 Å². The highest BCUT2D eigenvalue weighted by Gasteiger charge is 2.40. The molecule has 0 saturated heterocycles. The average Bonchev–Trinajstić information content (AvgIpc) is 2.78. The molecule has 0 spiro atoms. The van der Waals surface area contributed by atoms with Gasteiger partial charge in [-0.05, 0) is 35.4 Å². The Morgan fingerprint density at radius 2 is 1.34 bits per heavy atom. The second-order valence-electron chi connectivity index (χ2n) is 6.36. The molecule has 0 atom stereocenters. The van der Waals surface area contributed by atoms with Crippen molar-refractivity contribution in [3.63, 3.8) is 0 Å². The van der Waals surface area contributed by atoms with Crippen LogP contribution in [0.4, 0.5) is 0 Å². The van der Waals surface area contributed by atoms with E-state index < -0.39 is 17.4 Å². The molecule has 0 radical (unpaired) electrons. The lowest BCUT2D eigenvalue weighted by Crippen LogP contribution is -2.34. The zero-order valence-corrected chi connectivity index (χ0v) is 17.3. The maximum absolute atomic E-state index is 13.4. The van der Waals surface area contributed by atoms with Crippen molar-refractivity contribution in [2.75, 3.05) is 7.11 Å². The molecule has 0 fully saturated rings. The first-order valence-corrected chi connectivity index (χ1v) is 9.70. The summed E-state index contributed by atoms with van der Waals surface area (Å²) >= 11 is 3.35. The Bertz CT molecular complexity index is 986. The lowest BCUT2D eigenvalue weighted by atomic mass is 9.77. The molecule has 0 aliphatic carbocycles. The van der Waals surface area contributed by atoms with Gasteiger partial charge < -0.3 is 9.84 Å². The molecule has 29 heavy (non-hydrogen) atoms. The third-order valence-electron chi connectivity index (χ3n) is 4.59. The molecule has 0 unspecified atom stereocenters. The van der Waals surface area contributed by atoms with E-state index in [1.54, 1.807) is 72.8 Å². The van der Waals surface area contributed by atoms with E-state index in [-0.39, 0.29) is 5.57 Å². The fraction of sp³-hybridized carbons (Fsp3) is 0.0833. The third kappa shape index (κ3) is 4.36. The Morgan fingerprint density at radius 1 is 0.862 bits per heavy atom. The minimum absolute atomic E-state index is 0.0935. The molecular weight excluding hydrogens is 432 g/mol. The van der Waals surface area contributed by atoms with Crippen molar-refractivity contribution in [1.82, 2.24) is 0 Å². The van der Waals surface area contributed by atoms with E-state index in [1.165, 1.54) is 7.11 Å². The summed E-state index contributed by atoms with van der Waals surface area (Å²) in [6.45, 7) is 0. The van der Waals surface area contributed by atoms with Crippen LogP contribution < -0.4 is 0 Å². The molecule has 4 nitrogen and oxygen atoms in total. The number of carbonyl (C=O) groups is 2. The van der Waals surface area contributed by atoms with Gasteiger partial charge in [0.1, 0.15) is 5.60 Å². The van der Waals surface area contributed by atoms with Gasteiger partial charge in [-0.3, -0.25) is 4.79 Å². The highest BCUT2D eigenvalue weighted by atomic mass is 79.9. The summed E-state index contributed by atoms with van der Waals surface area (Å²) in [5, 5.41) is 11.9. The van der Waals surface area contributed by atoms with Crippen molar-refractivity contribution in [3.8, 4) is 0 Å². The van der Waals surface area contributed by atoms with Crippen molar-refractivity contribution in [3.05, 3.63) is 118 Å². The standard InChI is InChI=1S/C24H19BrO4/c1-29-22(26)16-21(23(27)17-12-14-20(25)15-13-17)24(28,18-8-4-2-5-9-18)19-10-6-3-7-11-19/h2-16,28H,1H3/b21-16+. The van der Waals surface area contributed by atoms with Crippen LogP contribution in [0.1, 0.15) is 21.5 Å². The molecule has 0 aliphatic rings. The molecule has 146 valence electrons. The first-order chi connectivity index (χ1) is 14.0. The van der Waals surface area contributed by atoms with Crippen LogP contribution >= 0.6 is 15.9 Å². The number of halogens is 1. The normalized spacial score (nSPS) is 11.8. The van der Waals surface area contributed by atoms with Gasteiger partial charge in [0.2, 0.25) is 0 Å². The van der Waals surface area contributed by atoms with Crippen LogP contribution in [0.15, 0.2) is 101 Å². The van der Waals surface area contributed by atoms with Gasteiger partial charge in [0.25, 0.3) is 0 Å². The number of hydrogen-bond acceptors (Lipinski definition) is 4. The van der Waals surface area contributed by atoms with Gasteiger partial charge in [-0.15, -0.1) is 0 Å². The minimum atomic E-state index is -1.85. The SMILES string of the molecule is COC(=O)/C=C(\C(=O)c1ccc(Br)cc1)C(O)(c1ccccc1)c1ccccc1. The van der Waals surface area contributed by atoms with Gasteiger partial charge in [-0.25, -0.2) is 4.79 Å². The highest BCUT2D eigenvalue weighted by molar-refractivity contribution is 9.10. The summed E-state index contributed by atoms with van der Waals surface area (Å²) < 4.78 is 5.58. The van der Waals surface area contributed by atoms with Crippen molar-refractivity contribution < 1.29 is 19.4 Å². The zero-order chi connectivity index (χ0) is 20.9. The Hall–Kier alpha value is -3.02. The zero-order valence-electron chi connectivity index (χ0n) is 15.7. The molecular formula is C24H19BrO4. The number of methoxy groups -OCH3 is 1. The summed E-state index contributed by atoms with van der Waals surface area (Å²) in [5.41, 5.74) is -0.669. The van der Waals surface area contributed by atoms with E-state index in [1.807, 2.05) is 12.1 Å². The highest BCUT2D eigenvalue weighted by Crippen LogP contribution is 2.38. The number of benzene rings is 3. The van der Waals surface area contributed by atoms with E-state index in [4.69, 9.17) is 4.74 Å². The second-order valence-corrected chi connectivity index (χ2v) is 7.28. The van der Waals surface area contributed by atoms with Crippen LogP contribution in [0.5, 0.6) is 0 Å². The van der Waals surface area contributed by atoms with Crippen LogP contribution in [-0.4, -0.2) is 24.0 Å². The predicted molar refractivity (Wildman–Crippen MR) is 114 cm³/mol. The molecule has 0 amide bonds. The molecule has 3 aromatic rings. The van der Waals surface area contributed by atoms with Crippen LogP contribution in [-0.2, 0) is 15.1 Å². The topological polar surface area (TPSA) is 63.6 Å². The predicted octanol–water partition coefficient (Wildman–Crippen LogP) is 4.67. The Labute approximate surface area is 177 Å². The van der Waals surface area contributed by atoms with E-state index in [0.29, 0.717) is 16.7 Å². The monoisotopic (exact) mass is 450 g/mol. The van der Waals surface area contributed by atoms with Crippen LogP contribution in [0, 0.1) is 0 Å². The summed E-state index contributed by atoms with van der Waals surface area (Å²) in [4.78, 5) is 25.6. The molecule has 0 saturated carbocycles. The first-order valence-electron chi connectivity index (χ1n) is 8.90. The number of rotatable bonds is 6. The van der Waals surface area contributed by atoms with Crippen molar-refractivity contribution in [2.45, 2.75) is 5.60 Å². The summed E-state index contributed by atoms with van der Waals surface area (Å²) in [7, 11) is 1.23. The molecule has 3 rings (SSSR count). The third-order valence-corrected chi connectivity index (χ3v) is 5.12. The van der Waals surface area contributed by atoms with Crippen molar-refractivity contribution in [2.24, 2.45) is 0 Å². The Kier molecular flexibility index (Phi) is 6.42. The molecule has 3 aromatic carbocycles. The largest absolute Gasteiger partial charge is 0.466 e. The summed E-state index contributed by atoms with van der Waals surface area (Å²) in [6, 6.07) is 24.3. The number of hydrogen-bond donors (Lipinski definition) is 1. The quantitative estimate of drug-likeness (QED) is 0.336. The smallest absolute Gasteiger partial charge is 0.331 e. The van der Waals surface area contributed by atoms with Gasteiger partial charge in [0.15, 0.2) is 5.78 Å². The molecule has 0 aromatic heterocycles. The molecule has 1 N–H and O–H groups in total. The lowest BCUT2D eigenvalue weighted by molar-refractivity contribution is -0.135. The fourth-order valence-electron chi connectivity index (χ4n) is 3.10. The molecule has 0 bridgehead atoms. The van der Waals surface area contributed by atoms with Gasteiger partial charge in [0, 0.05) is 21.7 Å². The number of Topliss-reactive ketones (excluding diaryl/α,β-unsaturated/α-hetero) is 1. The number of esters is 1. The average molecular weight is 451 g/mol. The molecule has 0 aliphatic heterocycles. The van der Waals surface area contributed by atoms with Gasteiger partial charge in [-0.1, -0.05) is 76.6 Å². The van der Waals surface area contributed by atoms with E-state index >= 15 is 0 Å². The van der Waals surface area contributed by atoms with E-state index in [0.717, 1.165) is 10.5 Å². The Morgan fingerprint density at radius 3 is 1.79 bits per heavy atom. The maximum atomic E-state index is 13.4. The lowest BCUT2D eigenvalue weighted by Gasteiger charge is -2.31. The second kappa shape index (κ2) is 8.99. The number of ketones is 1. The maximum Gasteiger partial charge on any atom is 0.331 e.